The van der Waals surface area contributed by atoms with E-state index in [-0.39, 0.29) is 19.0 Å². The summed E-state index contributed by atoms with van der Waals surface area (Å²) in [5.74, 6) is -0.944. The molecule has 2 rings (SSSR count). The van der Waals surface area contributed by atoms with E-state index in [1.165, 1.54) is 7.11 Å². The average molecular weight is 387 g/mol. The third kappa shape index (κ3) is 5.97. The Hall–Kier alpha value is -3.09. The number of ether oxygens (including phenoxy) is 3. The van der Waals surface area contributed by atoms with Crippen LogP contribution in [-0.4, -0.2) is 45.2 Å². The molecular formula is C21H25NO6. The lowest BCUT2D eigenvalue weighted by molar-refractivity contribution is -0.149. The second-order valence-electron chi connectivity index (χ2n) is 6.33. The number of esters is 2. The van der Waals surface area contributed by atoms with Crippen LogP contribution in [0.4, 0.5) is 0 Å². The summed E-state index contributed by atoms with van der Waals surface area (Å²) in [5.41, 5.74) is 0.807. The molecule has 7 nitrogen and oxygen atoms in total. The first-order valence-electron chi connectivity index (χ1n) is 9.02. The lowest BCUT2D eigenvalue weighted by Crippen LogP contribution is -2.30. The van der Waals surface area contributed by atoms with Gasteiger partial charge < -0.3 is 19.5 Å². The minimum Gasteiger partial charge on any atom is -0.497 e. The van der Waals surface area contributed by atoms with Crippen LogP contribution in [0.5, 0.6) is 5.75 Å². The molecule has 0 saturated carbocycles. The largest absolute Gasteiger partial charge is 0.497 e. The quantitative estimate of drug-likeness (QED) is 0.525. The number of hydrogen-bond donors (Lipinski definition) is 1. The molecule has 0 aliphatic rings. The Morgan fingerprint density at radius 1 is 1.04 bits per heavy atom. The van der Waals surface area contributed by atoms with Crippen LogP contribution in [0, 0.1) is 0 Å². The van der Waals surface area contributed by atoms with E-state index in [4.69, 9.17) is 9.47 Å². The monoisotopic (exact) mass is 387 g/mol. The Labute approximate surface area is 164 Å². The highest BCUT2D eigenvalue weighted by molar-refractivity contribution is 5.87. The smallest absolute Gasteiger partial charge is 0.313 e. The summed E-state index contributed by atoms with van der Waals surface area (Å²) in [4.78, 5) is 35.0. The zero-order chi connectivity index (χ0) is 20.5. The van der Waals surface area contributed by atoms with E-state index in [2.05, 4.69) is 10.1 Å². The van der Waals surface area contributed by atoms with Crippen molar-refractivity contribution in [2.24, 2.45) is 0 Å². The van der Waals surface area contributed by atoms with Crippen molar-refractivity contribution in [3.63, 3.8) is 0 Å². The van der Waals surface area contributed by atoms with Crippen molar-refractivity contribution >= 4 is 28.6 Å². The van der Waals surface area contributed by atoms with Crippen LogP contribution in [0.15, 0.2) is 36.4 Å². The number of carbonyl (C=O) groups is 3. The van der Waals surface area contributed by atoms with Crippen LogP contribution in [0.1, 0.15) is 31.2 Å². The summed E-state index contributed by atoms with van der Waals surface area (Å²) < 4.78 is 14.8. The van der Waals surface area contributed by atoms with Crippen LogP contribution in [0.25, 0.3) is 10.8 Å². The first-order chi connectivity index (χ1) is 13.4. The Morgan fingerprint density at radius 3 is 2.46 bits per heavy atom. The standard InChI is InChI=1S/C21H25NO6/c1-14(15-6-7-17-12-18(26-2)9-8-16(17)11-15)21(25)28-13-19(23)22-10-4-5-20(24)27-3/h6-9,11-12,14H,4-5,10,13H2,1-3H3,(H,22,23)/t14-/m0/s1. The van der Waals surface area contributed by atoms with Crippen molar-refractivity contribution in [1.29, 1.82) is 0 Å². The lowest BCUT2D eigenvalue weighted by atomic mass is 9.98. The average Bonchev–Trinajstić information content (AvgIpc) is 2.73. The van der Waals surface area contributed by atoms with Gasteiger partial charge in [0.2, 0.25) is 0 Å². The molecule has 0 heterocycles. The molecule has 2 aromatic carbocycles. The predicted octanol–water partition coefficient (Wildman–Crippen LogP) is 2.56. The van der Waals surface area contributed by atoms with Gasteiger partial charge in [0, 0.05) is 13.0 Å². The molecule has 1 N–H and O–H groups in total. The number of nitrogens with one attached hydrogen (secondary N) is 1. The second kappa shape index (κ2) is 10.3. The van der Waals surface area contributed by atoms with Gasteiger partial charge in [-0.3, -0.25) is 14.4 Å². The molecule has 0 spiro atoms. The topological polar surface area (TPSA) is 90.9 Å². The van der Waals surface area contributed by atoms with Crippen LogP contribution in [0.2, 0.25) is 0 Å². The zero-order valence-electron chi connectivity index (χ0n) is 16.3. The van der Waals surface area contributed by atoms with E-state index < -0.39 is 17.8 Å². The van der Waals surface area contributed by atoms with E-state index in [9.17, 15) is 14.4 Å². The van der Waals surface area contributed by atoms with E-state index in [0.717, 1.165) is 22.1 Å². The van der Waals surface area contributed by atoms with E-state index >= 15 is 0 Å². The maximum atomic E-state index is 12.3. The van der Waals surface area contributed by atoms with Gasteiger partial charge in [-0.2, -0.15) is 0 Å². The summed E-state index contributed by atoms with van der Waals surface area (Å²) in [7, 11) is 2.93. The number of fused-ring (bicyclic) bond motifs is 1. The van der Waals surface area contributed by atoms with Gasteiger partial charge in [0.25, 0.3) is 5.91 Å². The second-order valence-corrected chi connectivity index (χ2v) is 6.33. The minimum absolute atomic E-state index is 0.224. The van der Waals surface area contributed by atoms with Gasteiger partial charge in [-0.05, 0) is 41.8 Å². The summed E-state index contributed by atoms with van der Waals surface area (Å²) in [6, 6.07) is 11.4. The third-order valence-electron chi connectivity index (χ3n) is 4.38. The van der Waals surface area contributed by atoms with Gasteiger partial charge in [0.15, 0.2) is 6.61 Å². The van der Waals surface area contributed by atoms with Gasteiger partial charge in [-0.25, -0.2) is 0 Å². The molecule has 0 bridgehead atoms. The fraction of sp³-hybridized carbons (Fsp3) is 0.381. The summed E-state index contributed by atoms with van der Waals surface area (Å²) in [5, 5.41) is 4.59. The molecule has 0 unspecified atom stereocenters. The van der Waals surface area contributed by atoms with Gasteiger partial charge >= 0.3 is 11.9 Å². The molecule has 0 aliphatic carbocycles. The van der Waals surface area contributed by atoms with Crippen molar-refractivity contribution in [1.82, 2.24) is 5.32 Å². The Balaban J connectivity index is 1.84. The molecular weight excluding hydrogens is 362 g/mol. The maximum Gasteiger partial charge on any atom is 0.313 e. The zero-order valence-corrected chi connectivity index (χ0v) is 16.3. The fourth-order valence-electron chi connectivity index (χ4n) is 2.65. The van der Waals surface area contributed by atoms with Crippen LogP contribution < -0.4 is 10.1 Å². The van der Waals surface area contributed by atoms with Gasteiger partial charge in [-0.1, -0.05) is 24.3 Å². The molecule has 0 saturated heterocycles. The number of benzene rings is 2. The highest BCUT2D eigenvalue weighted by atomic mass is 16.5. The number of hydrogen-bond acceptors (Lipinski definition) is 6. The van der Waals surface area contributed by atoms with Crippen molar-refractivity contribution in [2.75, 3.05) is 27.4 Å². The third-order valence-corrected chi connectivity index (χ3v) is 4.38. The van der Waals surface area contributed by atoms with Crippen molar-refractivity contribution in [3.8, 4) is 5.75 Å². The first-order valence-corrected chi connectivity index (χ1v) is 9.02. The Kier molecular flexibility index (Phi) is 7.80. The number of carbonyl (C=O) groups excluding carboxylic acids is 3. The molecule has 0 aliphatic heterocycles. The highest BCUT2D eigenvalue weighted by Gasteiger charge is 2.18. The van der Waals surface area contributed by atoms with E-state index in [1.54, 1.807) is 14.0 Å². The Bertz CT molecular complexity index is 848. The summed E-state index contributed by atoms with van der Waals surface area (Å²) >= 11 is 0. The van der Waals surface area contributed by atoms with Gasteiger partial charge in [0.1, 0.15) is 5.75 Å². The lowest BCUT2D eigenvalue weighted by Gasteiger charge is -2.13. The molecule has 0 fully saturated rings. The number of rotatable bonds is 9. The first kappa shape index (κ1) is 21.2. The van der Waals surface area contributed by atoms with Crippen molar-refractivity contribution < 1.29 is 28.6 Å². The normalized spacial score (nSPS) is 11.5. The highest BCUT2D eigenvalue weighted by Crippen LogP contribution is 2.25. The summed E-state index contributed by atoms with van der Waals surface area (Å²) in [6.07, 6.45) is 0.687. The molecule has 1 atom stereocenters. The fourth-order valence-corrected chi connectivity index (χ4v) is 2.65. The molecule has 2 aromatic rings. The van der Waals surface area contributed by atoms with Gasteiger partial charge in [0.05, 0.1) is 20.1 Å². The molecule has 7 heteroatoms. The van der Waals surface area contributed by atoms with E-state index in [0.29, 0.717) is 13.0 Å². The molecule has 150 valence electrons. The van der Waals surface area contributed by atoms with Crippen LogP contribution in [-0.2, 0) is 23.9 Å². The van der Waals surface area contributed by atoms with Crippen molar-refractivity contribution in [2.45, 2.75) is 25.7 Å². The van der Waals surface area contributed by atoms with E-state index in [1.807, 2.05) is 36.4 Å². The number of methoxy groups -OCH3 is 2. The maximum absolute atomic E-state index is 12.3. The van der Waals surface area contributed by atoms with Crippen LogP contribution >= 0.6 is 0 Å². The number of amides is 1. The van der Waals surface area contributed by atoms with Crippen molar-refractivity contribution in [3.05, 3.63) is 42.0 Å². The summed E-state index contributed by atoms with van der Waals surface area (Å²) in [6.45, 7) is 1.70. The molecule has 0 radical (unpaired) electrons. The molecule has 28 heavy (non-hydrogen) atoms. The minimum atomic E-state index is -0.501. The molecule has 1 amide bonds. The SMILES string of the molecule is COC(=O)CCCNC(=O)COC(=O)[C@@H](C)c1ccc2cc(OC)ccc2c1. The molecule has 0 aromatic heterocycles. The predicted molar refractivity (Wildman–Crippen MR) is 104 cm³/mol. The Morgan fingerprint density at radius 2 is 1.75 bits per heavy atom. The van der Waals surface area contributed by atoms with Gasteiger partial charge in [-0.15, -0.1) is 0 Å². The van der Waals surface area contributed by atoms with Crippen LogP contribution in [0.3, 0.4) is 0 Å².